The average molecular weight is 465 g/mol. The molecule has 6 nitrogen and oxygen atoms in total. The molecule has 1 saturated carbocycles. The molecule has 25 heavy (non-hydrogen) atoms. The molecule has 1 saturated heterocycles. The molecule has 2 rings (SSSR count). The molecule has 1 aliphatic heterocycles. The van der Waals surface area contributed by atoms with Crippen molar-refractivity contribution in [3.05, 3.63) is 0 Å². The third-order valence-electron chi connectivity index (χ3n) is 5.08. The number of halogens is 1. The molecule has 0 aromatic carbocycles. The van der Waals surface area contributed by atoms with Gasteiger partial charge in [-0.2, -0.15) is 0 Å². The zero-order chi connectivity index (χ0) is 17.0. The largest absolute Gasteiger partial charge is 0.355 e. The minimum Gasteiger partial charge on any atom is -0.355 e. The van der Waals surface area contributed by atoms with Gasteiger partial charge in [-0.05, 0) is 44.7 Å². The molecule has 1 amide bonds. The number of aliphatic imine (C=N–C) groups is 1. The minimum absolute atomic E-state index is 0. The quantitative estimate of drug-likeness (QED) is 0.222. The molecule has 3 N–H and O–H groups in total. The number of carbonyl (C=O) groups is 1. The number of nitrogens with one attached hydrogen (secondary N) is 3. The van der Waals surface area contributed by atoms with Crippen molar-refractivity contribution in [3.63, 3.8) is 0 Å². The molecule has 0 unspecified atom stereocenters. The zero-order valence-electron chi connectivity index (χ0n) is 15.7. The van der Waals surface area contributed by atoms with Crippen molar-refractivity contribution < 1.29 is 4.79 Å². The maximum atomic E-state index is 11.9. The summed E-state index contributed by atoms with van der Waals surface area (Å²) in [6, 6.07) is 0. The predicted octanol–water partition coefficient (Wildman–Crippen LogP) is 1.95. The summed E-state index contributed by atoms with van der Waals surface area (Å²) in [4.78, 5) is 18.6. The van der Waals surface area contributed by atoms with Gasteiger partial charge in [0.2, 0.25) is 5.91 Å². The Hall–Kier alpha value is -0.570. The Kier molecular flexibility index (Phi) is 12.2. The van der Waals surface area contributed by atoms with Gasteiger partial charge in [-0.3, -0.25) is 9.79 Å². The highest BCUT2D eigenvalue weighted by atomic mass is 127. The highest BCUT2D eigenvalue weighted by Crippen LogP contribution is 2.27. The summed E-state index contributed by atoms with van der Waals surface area (Å²) < 4.78 is 0. The summed E-state index contributed by atoms with van der Waals surface area (Å²) in [5, 5.41) is 9.61. The fourth-order valence-electron chi connectivity index (χ4n) is 3.67. The Morgan fingerprint density at radius 1 is 0.960 bits per heavy atom. The van der Waals surface area contributed by atoms with Crippen LogP contribution in [0.25, 0.3) is 0 Å². The Morgan fingerprint density at radius 2 is 1.60 bits per heavy atom. The van der Waals surface area contributed by atoms with E-state index in [2.05, 4.69) is 25.8 Å². The second-order valence-electron chi connectivity index (χ2n) is 7.03. The van der Waals surface area contributed by atoms with Gasteiger partial charge in [-0.1, -0.05) is 19.3 Å². The summed E-state index contributed by atoms with van der Waals surface area (Å²) >= 11 is 0. The van der Waals surface area contributed by atoms with Crippen LogP contribution in [0.5, 0.6) is 0 Å². The fourth-order valence-corrected chi connectivity index (χ4v) is 3.67. The van der Waals surface area contributed by atoms with Gasteiger partial charge >= 0.3 is 0 Å². The van der Waals surface area contributed by atoms with E-state index in [0.29, 0.717) is 25.4 Å². The van der Waals surface area contributed by atoms with Crippen molar-refractivity contribution >= 4 is 35.8 Å². The van der Waals surface area contributed by atoms with Crippen LogP contribution in [-0.2, 0) is 4.79 Å². The summed E-state index contributed by atoms with van der Waals surface area (Å²) in [6.07, 6.45) is 9.75. The normalized spacial score (nSPS) is 19.3. The SMILES string of the molecule is CN=C(NCCNC(=O)CC1CCCC1)NCCN1CCCCC1.I. The highest BCUT2D eigenvalue weighted by molar-refractivity contribution is 14.0. The first kappa shape index (κ1) is 22.5. The first-order chi connectivity index (χ1) is 11.8. The van der Waals surface area contributed by atoms with Gasteiger partial charge in [0, 0.05) is 39.6 Å². The number of likely N-dealkylation sites (tertiary alicyclic amines) is 1. The maximum Gasteiger partial charge on any atom is 0.220 e. The van der Waals surface area contributed by atoms with E-state index in [0.717, 1.165) is 19.0 Å². The van der Waals surface area contributed by atoms with E-state index in [1.165, 1.54) is 58.0 Å². The fraction of sp³-hybridized carbons (Fsp3) is 0.889. The van der Waals surface area contributed by atoms with Crippen LogP contribution in [-0.4, -0.2) is 63.1 Å². The van der Waals surface area contributed by atoms with Crippen LogP contribution in [0.1, 0.15) is 51.4 Å². The van der Waals surface area contributed by atoms with Crippen molar-refractivity contribution in [1.82, 2.24) is 20.9 Å². The Morgan fingerprint density at radius 3 is 2.28 bits per heavy atom. The summed E-state index contributed by atoms with van der Waals surface area (Å²) in [5.41, 5.74) is 0. The topological polar surface area (TPSA) is 68.8 Å². The standard InChI is InChI=1S/C18H35N5O.HI/c1-19-18(22-11-14-23-12-5-2-6-13-23)21-10-9-20-17(24)15-16-7-3-4-8-16;/h16H,2-15H2,1H3,(H,20,24)(H2,19,21,22);1H. The summed E-state index contributed by atoms with van der Waals surface area (Å²) in [7, 11) is 1.79. The number of nitrogens with zero attached hydrogens (tertiary/aromatic N) is 2. The van der Waals surface area contributed by atoms with E-state index < -0.39 is 0 Å². The van der Waals surface area contributed by atoms with E-state index in [4.69, 9.17) is 0 Å². The van der Waals surface area contributed by atoms with Gasteiger partial charge in [0.05, 0.1) is 0 Å². The molecule has 1 aliphatic carbocycles. The smallest absolute Gasteiger partial charge is 0.220 e. The summed E-state index contributed by atoms with van der Waals surface area (Å²) in [6.45, 7) is 5.78. The molecular weight excluding hydrogens is 429 g/mol. The molecule has 2 fully saturated rings. The molecule has 0 aromatic rings. The zero-order valence-corrected chi connectivity index (χ0v) is 18.0. The van der Waals surface area contributed by atoms with E-state index >= 15 is 0 Å². The summed E-state index contributed by atoms with van der Waals surface area (Å²) in [5.74, 6) is 1.62. The lowest BCUT2D eigenvalue weighted by atomic mass is 10.0. The van der Waals surface area contributed by atoms with Gasteiger partial charge in [0.1, 0.15) is 0 Å². The van der Waals surface area contributed by atoms with Crippen molar-refractivity contribution in [2.24, 2.45) is 10.9 Å². The monoisotopic (exact) mass is 465 g/mol. The second-order valence-corrected chi connectivity index (χ2v) is 7.03. The molecule has 1 heterocycles. The number of carbonyl (C=O) groups excluding carboxylic acids is 1. The van der Waals surface area contributed by atoms with Gasteiger partial charge in [0.15, 0.2) is 5.96 Å². The van der Waals surface area contributed by atoms with Crippen LogP contribution >= 0.6 is 24.0 Å². The molecule has 0 spiro atoms. The van der Waals surface area contributed by atoms with Crippen LogP contribution in [0.3, 0.4) is 0 Å². The number of hydrogen-bond acceptors (Lipinski definition) is 3. The molecule has 2 aliphatic rings. The van der Waals surface area contributed by atoms with Crippen LogP contribution in [0.4, 0.5) is 0 Å². The van der Waals surface area contributed by atoms with Gasteiger partial charge in [0.25, 0.3) is 0 Å². The first-order valence-electron chi connectivity index (χ1n) is 9.71. The van der Waals surface area contributed by atoms with Gasteiger partial charge in [-0.15, -0.1) is 24.0 Å². The third kappa shape index (κ3) is 9.63. The van der Waals surface area contributed by atoms with E-state index in [1.807, 2.05) is 0 Å². The highest BCUT2D eigenvalue weighted by Gasteiger charge is 2.17. The second kappa shape index (κ2) is 13.6. The van der Waals surface area contributed by atoms with Crippen molar-refractivity contribution in [3.8, 4) is 0 Å². The Bertz CT molecular complexity index is 393. The maximum absolute atomic E-state index is 11.9. The molecule has 0 aromatic heterocycles. The number of rotatable bonds is 8. The van der Waals surface area contributed by atoms with E-state index in [1.54, 1.807) is 7.05 Å². The lowest BCUT2D eigenvalue weighted by Gasteiger charge is -2.26. The first-order valence-corrected chi connectivity index (χ1v) is 9.71. The number of amides is 1. The molecule has 0 atom stereocenters. The van der Waals surface area contributed by atoms with Gasteiger partial charge < -0.3 is 20.9 Å². The molecule has 0 radical (unpaired) electrons. The van der Waals surface area contributed by atoms with Gasteiger partial charge in [-0.25, -0.2) is 0 Å². The molecule has 146 valence electrons. The number of hydrogen-bond donors (Lipinski definition) is 3. The minimum atomic E-state index is 0. The Balaban J connectivity index is 0.00000312. The van der Waals surface area contributed by atoms with Crippen LogP contribution in [0.2, 0.25) is 0 Å². The van der Waals surface area contributed by atoms with Crippen molar-refractivity contribution in [2.75, 3.05) is 46.3 Å². The van der Waals surface area contributed by atoms with Crippen molar-refractivity contribution in [2.45, 2.75) is 51.4 Å². The predicted molar refractivity (Wildman–Crippen MR) is 115 cm³/mol. The van der Waals surface area contributed by atoms with Crippen molar-refractivity contribution in [1.29, 1.82) is 0 Å². The van der Waals surface area contributed by atoms with Crippen LogP contribution in [0, 0.1) is 5.92 Å². The van der Waals surface area contributed by atoms with E-state index in [9.17, 15) is 4.79 Å². The average Bonchev–Trinajstić information content (AvgIpc) is 3.11. The molecular formula is C18H36IN5O. The van der Waals surface area contributed by atoms with E-state index in [-0.39, 0.29) is 29.9 Å². The Labute approximate surface area is 170 Å². The number of piperidine rings is 1. The molecule has 7 heteroatoms. The van der Waals surface area contributed by atoms with Crippen LogP contribution in [0.15, 0.2) is 4.99 Å². The molecule has 0 bridgehead atoms. The lowest BCUT2D eigenvalue weighted by molar-refractivity contribution is -0.121. The number of guanidine groups is 1. The lowest BCUT2D eigenvalue weighted by Crippen LogP contribution is -2.44. The third-order valence-corrected chi connectivity index (χ3v) is 5.08. The van der Waals surface area contributed by atoms with Crippen LogP contribution < -0.4 is 16.0 Å².